The highest BCUT2D eigenvalue weighted by atomic mass is 32.2. The van der Waals surface area contributed by atoms with Crippen LogP contribution >= 0.6 is 0 Å². The highest BCUT2D eigenvalue weighted by molar-refractivity contribution is 7.89. The van der Waals surface area contributed by atoms with Crippen LogP contribution < -0.4 is 9.62 Å². The third kappa shape index (κ3) is 3.00. The molecule has 1 N–H and O–H groups in total. The number of amides is 1. The number of hydrogen-bond donors (Lipinski definition) is 1. The first kappa shape index (κ1) is 15.7. The maximum atomic E-state index is 12.7. The molecule has 0 unspecified atom stereocenters. The van der Waals surface area contributed by atoms with Gasteiger partial charge in [0.15, 0.2) is 0 Å². The van der Waals surface area contributed by atoms with Gasteiger partial charge in [0.2, 0.25) is 10.0 Å². The van der Waals surface area contributed by atoms with Crippen LogP contribution in [0.25, 0.3) is 0 Å². The Labute approximate surface area is 136 Å². The summed E-state index contributed by atoms with van der Waals surface area (Å²) in [5, 5.41) is 0. The van der Waals surface area contributed by atoms with Crippen molar-refractivity contribution >= 4 is 21.6 Å². The van der Waals surface area contributed by atoms with Crippen LogP contribution in [0.4, 0.5) is 5.69 Å². The minimum atomic E-state index is -3.50. The van der Waals surface area contributed by atoms with Gasteiger partial charge in [-0.2, -0.15) is 0 Å². The second-order valence-corrected chi connectivity index (χ2v) is 7.13. The molecule has 0 radical (unpaired) electrons. The average molecular weight is 330 g/mol. The molecule has 0 saturated carbocycles. The molecule has 2 aromatic carbocycles. The molecule has 1 heterocycles. The fraction of sp³-hybridized carbons (Fsp3) is 0.235. The van der Waals surface area contributed by atoms with Crippen molar-refractivity contribution in [2.45, 2.75) is 18.2 Å². The summed E-state index contributed by atoms with van der Waals surface area (Å²) >= 11 is 0. The Hall–Kier alpha value is -2.18. The van der Waals surface area contributed by atoms with Gasteiger partial charge in [0.25, 0.3) is 5.91 Å². The largest absolute Gasteiger partial charge is 0.308 e. The van der Waals surface area contributed by atoms with Crippen molar-refractivity contribution in [3.63, 3.8) is 0 Å². The summed E-state index contributed by atoms with van der Waals surface area (Å²) in [5.74, 6) is -0.109. The van der Waals surface area contributed by atoms with Crippen LogP contribution in [0.3, 0.4) is 0 Å². The van der Waals surface area contributed by atoms with Crippen molar-refractivity contribution < 1.29 is 13.2 Å². The maximum Gasteiger partial charge on any atom is 0.258 e. The second kappa shape index (κ2) is 6.14. The van der Waals surface area contributed by atoms with E-state index in [0.717, 1.165) is 17.7 Å². The molecule has 0 spiro atoms. The molecule has 5 nitrogen and oxygen atoms in total. The lowest BCUT2D eigenvalue weighted by Crippen LogP contribution is -2.29. The molecule has 0 fully saturated rings. The van der Waals surface area contributed by atoms with Crippen molar-refractivity contribution in [1.29, 1.82) is 0 Å². The van der Waals surface area contributed by atoms with Crippen molar-refractivity contribution in [2.24, 2.45) is 0 Å². The Kier molecular flexibility index (Phi) is 4.19. The Bertz CT molecular complexity index is 829. The van der Waals surface area contributed by atoms with E-state index < -0.39 is 10.0 Å². The van der Waals surface area contributed by atoms with E-state index in [1.165, 1.54) is 12.1 Å². The number of benzene rings is 2. The Morgan fingerprint density at radius 1 is 1.13 bits per heavy atom. The summed E-state index contributed by atoms with van der Waals surface area (Å²) in [6.07, 6.45) is 0.842. The predicted octanol–water partition coefficient (Wildman–Crippen LogP) is 2.19. The minimum Gasteiger partial charge on any atom is -0.308 e. The van der Waals surface area contributed by atoms with Crippen molar-refractivity contribution in [1.82, 2.24) is 4.72 Å². The van der Waals surface area contributed by atoms with Gasteiger partial charge >= 0.3 is 0 Å². The van der Waals surface area contributed by atoms with E-state index >= 15 is 0 Å². The fourth-order valence-corrected chi connectivity index (χ4v) is 3.80. The molecule has 1 aliphatic heterocycles. The molecule has 0 saturated heterocycles. The summed E-state index contributed by atoms with van der Waals surface area (Å²) in [4.78, 5) is 14.6. The van der Waals surface area contributed by atoms with E-state index in [0.29, 0.717) is 18.7 Å². The van der Waals surface area contributed by atoms with Gasteiger partial charge < -0.3 is 4.90 Å². The summed E-state index contributed by atoms with van der Waals surface area (Å²) in [5.41, 5.74) is 2.58. The number of hydrogen-bond acceptors (Lipinski definition) is 3. The van der Waals surface area contributed by atoms with Gasteiger partial charge in [-0.1, -0.05) is 25.1 Å². The smallest absolute Gasteiger partial charge is 0.258 e. The van der Waals surface area contributed by atoms with Gasteiger partial charge in [-0.05, 0) is 42.3 Å². The van der Waals surface area contributed by atoms with E-state index in [1.807, 2.05) is 24.3 Å². The molecule has 0 aromatic heterocycles. The number of sulfonamides is 1. The molecule has 0 aliphatic carbocycles. The molecule has 0 bridgehead atoms. The zero-order chi connectivity index (χ0) is 16.4. The number of carbonyl (C=O) groups excluding carboxylic acids is 1. The summed E-state index contributed by atoms with van der Waals surface area (Å²) in [6, 6.07) is 13.9. The van der Waals surface area contributed by atoms with Crippen LogP contribution in [0.2, 0.25) is 0 Å². The Balaban J connectivity index is 1.85. The van der Waals surface area contributed by atoms with Crippen molar-refractivity contribution in [3.8, 4) is 0 Å². The SMILES string of the molecule is CCNS(=O)(=O)c1ccc(C(=O)N2CCc3ccccc32)cc1. The van der Waals surface area contributed by atoms with E-state index in [-0.39, 0.29) is 10.8 Å². The molecular formula is C17H18N2O3S. The summed E-state index contributed by atoms with van der Waals surface area (Å²) < 4.78 is 26.3. The Morgan fingerprint density at radius 2 is 1.83 bits per heavy atom. The average Bonchev–Trinajstić information content (AvgIpc) is 2.98. The van der Waals surface area contributed by atoms with Crippen LogP contribution in [-0.2, 0) is 16.4 Å². The normalized spacial score (nSPS) is 13.9. The van der Waals surface area contributed by atoms with E-state index in [2.05, 4.69) is 4.72 Å². The first-order chi connectivity index (χ1) is 11.0. The lowest BCUT2D eigenvalue weighted by atomic mass is 10.1. The number of fused-ring (bicyclic) bond motifs is 1. The van der Waals surface area contributed by atoms with Gasteiger partial charge in [0.05, 0.1) is 4.90 Å². The van der Waals surface area contributed by atoms with Crippen LogP contribution in [-0.4, -0.2) is 27.4 Å². The third-order valence-electron chi connectivity index (χ3n) is 3.88. The van der Waals surface area contributed by atoms with Crippen molar-refractivity contribution in [2.75, 3.05) is 18.0 Å². The third-order valence-corrected chi connectivity index (χ3v) is 5.44. The van der Waals surface area contributed by atoms with Crippen LogP contribution in [0.15, 0.2) is 53.4 Å². The fourth-order valence-electron chi connectivity index (χ4n) is 2.76. The molecule has 120 valence electrons. The lowest BCUT2D eigenvalue weighted by Gasteiger charge is -2.17. The van der Waals surface area contributed by atoms with Crippen LogP contribution in [0.5, 0.6) is 0 Å². The molecule has 23 heavy (non-hydrogen) atoms. The summed E-state index contributed by atoms with van der Waals surface area (Å²) in [7, 11) is -3.50. The van der Waals surface area contributed by atoms with Gasteiger partial charge in [0, 0.05) is 24.3 Å². The zero-order valence-corrected chi connectivity index (χ0v) is 13.6. The zero-order valence-electron chi connectivity index (χ0n) is 12.8. The standard InChI is InChI=1S/C17H18N2O3S/c1-2-18-23(21,22)15-9-7-14(8-10-15)17(20)19-12-11-13-5-3-4-6-16(13)19/h3-10,18H,2,11-12H2,1H3. The molecule has 1 amide bonds. The number of para-hydroxylation sites is 1. The van der Waals surface area contributed by atoms with Gasteiger partial charge in [0.1, 0.15) is 0 Å². The van der Waals surface area contributed by atoms with Gasteiger partial charge in [-0.3, -0.25) is 4.79 Å². The molecule has 3 rings (SSSR count). The lowest BCUT2D eigenvalue weighted by molar-refractivity contribution is 0.0989. The molecular weight excluding hydrogens is 312 g/mol. The van der Waals surface area contributed by atoms with Crippen LogP contribution in [0, 0.1) is 0 Å². The number of rotatable bonds is 4. The topological polar surface area (TPSA) is 66.5 Å². The minimum absolute atomic E-state index is 0.109. The van der Waals surface area contributed by atoms with E-state index in [9.17, 15) is 13.2 Å². The predicted molar refractivity (Wildman–Crippen MR) is 89.1 cm³/mol. The quantitative estimate of drug-likeness (QED) is 0.934. The van der Waals surface area contributed by atoms with Crippen LogP contribution in [0.1, 0.15) is 22.8 Å². The number of carbonyl (C=O) groups is 1. The molecule has 0 atom stereocenters. The maximum absolute atomic E-state index is 12.7. The highest BCUT2D eigenvalue weighted by Gasteiger charge is 2.25. The first-order valence-corrected chi connectivity index (χ1v) is 9.01. The van der Waals surface area contributed by atoms with Gasteiger partial charge in [-0.25, -0.2) is 13.1 Å². The number of nitrogens with one attached hydrogen (secondary N) is 1. The van der Waals surface area contributed by atoms with E-state index in [1.54, 1.807) is 24.0 Å². The number of nitrogens with zero attached hydrogens (tertiary/aromatic N) is 1. The molecule has 1 aliphatic rings. The monoisotopic (exact) mass is 330 g/mol. The second-order valence-electron chi connectivity index (χ2n) is 5.36. The Morgan fingerprint density at radius 3 is 2.52 bits per heavy atom. The van der Waals surface area contributed by atoms with Crippen molar-refractivity contribution in [3.05, 3.63) is 59.7 Å². The molecule has 6 heteroatoms. The highest BCUT2D eigenvalue weighted by Crippen LogP contribution is 2.28. The number of anilines is 1. The van der Waals surface area contributed by atoms with Gasteiger partial charge in [-0.15, -0.1) is 0 Å². The van der Waals surface area contributed by atoms with E-state index in [4.69, 9.17) is 0 Å². The summed E-state index contributed by atoms with van der Waals surface area (Å²) in [6.45, 7) is 2.70. The molecule has 2 aromatic rings. The first-order valence-electron chi connectivity index (χ1n) is 7.52.